The standard InChI is InChI=1S/C15H31N3/c1-4-18(5-2)12-8-9-13(3)17-15(16)14-10-6-7-11-14/h13-14H,4-12H2,1-3H3,(H2,16,17). The second-order valence-corrected chi connectivity index (χ2v) is 5.55. The third-order valence-electron chi connectivity index (χ3n) is 4.13. The third-order valence-corrected chi connectivity index (χ3v) is 4.13. The fraction of sp³-hybridized carbons (Fsp3) is 0.933. The van der Waals surface area contributed by atoms with E-state index in [4.69, 9.17) is 5.73 Å². The van der Waals surface area contributed by atoms with E-state index < -0.39 is 0 Å². The topological polar surface area (TPSA) is 41.6 Å². The molecule has 1 aliphatic carbocycles. The minimum absolute atomic E-state index is 0.390. The first-order valence-electron chi connectivity index (χ1n) is 7.72. The van der Waals surface area contributed by atoms with Gasteiger partial charge in [-0.3, -0.25) is 4.99 Å². The highest BCUT2D eigenvalue weighted by Crippen LogP contribution is 2.25. The van der Waals surface area contributed by atoms with Crippen molar-refractivity contribution < 1.29 is 0 Å². The van der Waals surface area contributed by atoms with Crippen LogP contribution in [0.1, 0.15) is 59.3 Å². The molecular formula is C15H31N3. The lowest BCUT2D eigenvalue weighted by molar-refractivity contribution is 0.294. The summed E-state index contributed by atoms with van der Waals surface area (Å²) in [4.78, 5) is 7.15. The van der Waals surface area contributed by atoms with Gasteiger partial charge in [-0.15, -0.1) is 0 Å². The van der Waals surface area contributed by atoms with E-state index in [1.165, 1.54) is 38.6 Å². The van der Waals surface area contributed by atoms with Gasteiger partial charge in [0.15, 0.2) is 0 Å². The molecule has 0 bridgehead atoms. The Hall–Kier alpha value is -0.570. The lowest BCUT2D eigenvalue weighted by Crippen LogP contribution is -2.25. The highest BCUT2D eigenvalue weighted by atomic mass is 15.1. The molecule has 0 aromatic carbocycles. The molecule has 2 N–H and O–H groups in total. The zero-order valence-electron chi connectivity index (χ0n) is 12.5. The summed E-state index contributed by atoms with van der Waals surface area (Å²) in [6.07, 6.45) is 7.55. The maximum Gasteiger partial charge on any atom is 0.0971 e. The van der Waals surface area contributed by atoms with E-state index in [0.717, 1.165) is 25.3 Å². The number of nitrogens with two attached hydrogens (primary N) is 1. The molecule has 0 spiro atoms. The molecule has 106 valence electrons. The van der Waals surface area contributed by atoms with E-state index >= 15 is 0 Å². The first-order valence-corrected chi connectivity index (χ1v) is 7.72. The average Bonchev–Trinajstić information content (AvgIpc) is 2.88. The van der Waals surface area contributed by atoms with Crippen molar-refractivity contribution >= 4 is 5.84 Å². The van der Waals surface area contributed by atoms with E-state index in [9.17, 15) is 0 Å². The summed E-state index contributed by atoms with van der Waals surface area (Å²) in [5.74, 6) is 1.50. The van der Waals surface area contributed by atoms with Crippen molar-refractivity contribution in [1.82, 2.24) is 4.90 Å². The molecule has 0 saturated heterocycles. The second-order valence-electron chi connectivity index (χ2n) is 5.55. The molecule has 1 saturated carbocycles. The minimum atomic E-state index is 0.390. The van der Waals surface area contributed by atoms with Gasteiger partial charge in [-0.1, -0.05) is 26.7 Å². The summed E-state index contributed by atoms with van der Waals surface area (Å²) >= 11 is 0. The van der Waals surface area contributed by atoms with Crippen LogP contribution in [-0.2, 0) is 0 Å². The van der Waals surface area contributed by atoms with Gasteiger partial charge in [0.2, 0.25) is 0 Å². The molecule has 0 radical (unpaired) electrons. The Labute approximate surface area is 113 Å². The Balaban J connectivity index is 2.23. The zero-order chi connectivity index (χ0) is 13.4. The van der Waals surface area contributed by atoms with Crippen LogP contribution in [0, 0.1) is 5.92 Å². The second kappa shape index (κ2) is 8.52. The number of rotatable bonds is 8. The van der Waals surface area contributed by atoms with Gasteiger partial charge in [-0.2, -0.15) is 0 Å². The molecule has 1 fully saturated rings. The van der Waals surface area contributed by atoms with Gasteiger partial charge in [0, 0.05) is 12.0 Å². The largest absolute Gasteiger partial charge is 0.387 e. The van der Waals surface area contributed by atoms with Crippen molar-refractivity contribution in [1.29, 1.82) is 0 Å². The monoisotopic (exact) mass is 253 g/mol. The van der Waals surface area contributed by atoms with E-state index in [2.05, 4.69) is 30.7 Å². The minimum Gasteiger partial charge on any atom is -0.387 e. The maximum absolute atomic E-state index is 6.10. The molecule has 3 heteroatoms. The Kier molecular flexibility index (Phi) is 7.33. The molecule has 3 nitrogen and oxygen atoms in total. The van der Waals surface area contributed by atoms with Crippen molar-refractivity contribution in [3.63, 3.8) is 0 Å². The van der Waals surface area contributed by atoms with Crippen molar-refractivity contribution in [2.24, 2.45) is 16.6 Å². The normalized spacial score (nSPS) is 19.7. The third kappa shape index (κ3) is 5.38. The van der Waals surface area contributed by atoms with Crippen molar-refractivity contribution in [3.8, 4) is 0 Å². The first-order chi connectivity index (χ1) is 8.67. The number of aliphatic imine (C=N–C) groups is 1. The Morgan fingerprint density at radius 3 is 2.44 bits per heavy atom. The number of hydrogen-bond donors (Lipinski definition) is 1. The van der Waals surface area contributed by atoms with Gasteiger partial charge in [0.05, 0.1) is 5.84 Å². The van der Waals surface area contributed by atoms with E-state index in [-0.39, 0.29) is 0 Å². The number of hydrogen-bond acceptors (Lipinski definition) is 2. The molecule has 1 unspecified atom stereocenters. The Morgan fingerprint density at radius 1 is 1.28 bits per heavy atom. The van der Waals surface area contributed by atoms with Gasteiger partial charge in [-0.05, 0) is 52.2 Å². The van der Waals surface area contributed by atoms with Gasteiger partial charge in [0.1, 0.15) is 0 Å². The highest BCUT2D eigenvalue weighted by Gasteiger charge is 2.18. The fourth-order valence-corrected chi connectivity index (χ4v) is 2.80. The summed E-state index contributed by atoms with van der Waals surface area (Å²) < 4.78 is 0. The zero-order valence-corrected chi connectivity index (χ0v) is 12.5. The molecule has 0 amide bonds. The van der Waals surface area contributed by atoms with Crippen LogP contribution in [0.15, 0.2) is 4.99 Å². The van der Waals surface area contributed by atoms with Crippen LogP contribution in [-0.4, -0.2) is 36.4 Å². The predicted molar refractivity (Wildman–Crippen MR) is 80.1 cm³/mol. The van der Waals surface area contributed by atoms with Crippen LogP contribution < -0.4 is 5.73 Å². The van der Waals surface area contributed by atoms with E-state index in [1.54, 1.807) is 0 Å². The van der Waals surface area contributed by atoms with Crippen LogP contribution in [0.25, 0.3) is 0 Å². The summed E-state index contributed by atoms with van der Waals surface area (Å²) in [6, 6.07) is 0.390. The Morgan fingerprint density at radius 2 is 1.89 bits per heavy atom. The molecule has 0 aromatic rings. The summed E-state index contributed by atoms with van der Waals surface area (Å²) in [5, 5.41) is 0. The number of nitrogens with zero attached hydrogens (tertiary/aromatic N) is 2. The van der Waals surface area contributed by atoms with Crippen molar-refractivity contribution in [3.05, 3.63) is 0 Å². The number of amidine groups is 1. The van der Waals surface area contributed by atoms with Crippen molar-refractivity contribution in [2.75, 3.05) is 19.6 Å². The molecular weight excluding hydrogens is 222 g/mol. The van der Waals surface area contributed by atoms with E-state index in [1.807, 2.05) is 0 Å². The molecule has 0 heterocycles. The van der Waals surface area contributed by atoms with Crippen molar-refractivity contribution in [2.45, 2.75) is 65.3 Å². The lowest BCUT2D eigenvalue weighted by atomic mass is 10.1. The average molecular weight is 253 g/mol. The van der Waals surface area contributed by atoms with Crippen LogP contribution >= 0.6 is 0 Å². The molecule has 1 rings (SSSR count). The quantitative estimate of drug-likeness (QED) is 0.533. The SMILES string of the molecule is CCN(CC)CCCC(C)N=C(N)C1CCCC1. The molecule has 1 aliphatic rings. The summed E-state index contributed by atoms with van der Waals surface area (Å²) in [7, 11) is 0. The fourth-order valence-electron chi connectivity index (χ4n) is 2.80. The maximum atomic E-state index is 6.10. The van der Waals surface area contributed by atoms with Crippen LogP contribution in [0.4, 0.5) is 0 Å². The van der Waals surface area contributed by atoms with Crippen LogP contribution in [0.3, 0.4) is 0 Å². The van der Waals surface area contributed by atoms with Crippen LogP contribution in [0.5, 0.6) is 0 Å². The van der Waals surface area contributed by atoms with Gasteiger partial charge < -0.3 is 10.6 Å². The smallest absolute Gasteiger partial charge is 0.0971 e. The summed E-state index contributed by atoms with van der Waals surface area (Å²) in [6.45, 7) is 10.1. The summed E-state index contributed by atoms with van der Waals surface area (Å²) in [5.41, 5.74) is 6.10. The molecule has 0 aliphatic heterocycles. The van der Waals surface area contributed by atoms with Gasteiger partial charge >= 0.3 is 0 Å². The van der Waals surface area contributed by atoms with Gasteiger partial charge in [0.25, 0.3) is 0 Å². The predicted octanol–water partition coefficient (Wildman–Crippen LogP) is 3.04. The molecule has 1 atom stereocenters. The first kappa shape index (κ1) is 15.5. The molecule has 0 aromatic heterocycles. The van der Waals surface area contributed by atoms with Crippen LogP contribution in [0.2, 0.25) is 0 Å². The molecule has 18 heavy (non-hydrogen) atoms. The lowest BCUT2D eigenvalue weighted by Gasteiger charge is -2.18. The van der Waals surface area contributed by atoms with Gasteiger partial charge in [-0.25, -0.2) is 0 Å². The Bertz CT molecular complexity index is 240. The van der Waals surface area contributed by atoms with E-state index in [0.29, 0.717) is 12.0 Å². The highest BCUT2D eigenvalue weighted by molar-refractivity contribution is 5.83.